The molecule has 21 heteroatoms. The Morgan fingerprint density at radius 1 is 0.738 bits per heavy atom. The minimum Gasteiger partial charge on any atom is -0.379 e. The molecule has 0 saturated carbocycles. The SMILES string of the molecule is Cc1noc(C)c1-c1ccc(NC2CCN(S(C)(=O)=O)C2)c(NC(=O)[C@H]2CCCC(=O)N2)c1.Cc1noc(C)c1-c1ccc2c(c1)nc([C@H]1CCCC(=O)N1)n2[C@@H]1CCN(S(C)(=O)=O)C1. The van der Waals surface area contributed by atoms with E-state index in [1.165, 1.54) is 21.1 Å². The fourth-order valence-electron chi connectivity index (χ4n) is 9.43. The highest BCUT2D eigenvalue weighted by molar-refractivity contribution is 7.88. The summed E-state index contributed by atoms with van der Waals surface area (Å²) in [5.74, 6) is 1.83. The van der Waals surface area contributed by atoms with Crippen LogP contribution in [0.25, 0.3) is 33.3 Å². The van der Waals surface area contributed by atoms with Gasteiger partial charge in [-0.3, -0.25) is 14.4 Å². The number of imidazole rings is 1. The summed E-state index contributed by atoms with van der Waals surface area (Å²) < 4.78 is 63.7. The van der Waals surface area contributed by atoms with Gasteiger partial charge in [-0.05, 0) is 102 Å². The number of fused-ring (bicyclic) bond motifs is 1. The van der Waals surface area contributed by atoms with Gasteiger partial charge in [0.15, 0.2) is 0 Å². The fraction of sp³-hybridized carbons (Fsp3) is 0.500. The van der Waals surface area contributed by atoms with Gasteiger partial charge in [0, 0.05) is 56.2 Å². The number of carbonyl (C=O) groups excluding carboxylic acids is 3. The van der Waals surface area contributed by atoms with Crippen LogP contribution in [0, 0.1) is 27.7 Å². The topological polar surface area (TPSA) is 244 Å². The van der Waals surface area contributed by atoms with Crippen LogP contribution < -0.4 is 21.3 Å². The van der Waals surface area contributed by atoms with Crippen molar-refractivity contribution in [1.29, 1.82) is 0 Å². The van der Waals surface area contributed by atoms with E-state index in [9.17, 15) is 31.2 Å². The van der Waals surface area contributed by atoms with E-state index in [4.69, 9.17) is 14.0 Å². The molecule has 1 unspecified atom stereocenters. The van der Waals surface area contributed by atoms with Crippen LogP contribution in [-0.2, 0) is 34.4 Å². The van der Waals surface area contributed by atoms with Crippen molar-refractivity contribution in [2.24, 2.45) is 0 Å². The molecule has 5 aromatic rings. The lowest BCUT2D eigenvalue weighted by Crippen LogP contribution is -2.46. The number of piperidine rings is 2. The molecule has 4 fully saturated rings. The Hall–Kier alpha value is -5.64. The zero-order chi connectivity index (χ0) is 46.4. The van der Waals surface area contributed by atoms with Gasteiger partial charge in [-0.2, -0.15) is 0 Å². The molecule has 4 aliphatic heterocycles. The standard InChI is InChI=1S/C22H29N5O5S.C22H27N5O4S/c1-13-21(14(2)32-26-13)15-7-8-17(23-16-9-10-27(12-16)33(3,30)31)19(11-15)25-22(29)18-5-4-6-20(28)24-18;1-13-21(14(2)31-25-13)15-7-8-19-18(11-15)24-22(17-5-4-6-20(28)23-17)27(19)16-9-10-26(12-16)32(3,29)30/h7-8,11,16,18,23H,4-6,9-10,12H2,1-3H3,(H,24,28)(H,25,29);7-8,11,16-17H,4-6,9-10,12H2,1-3H3,(H,23,28)/t16?,18-;16-,17-/m11/s1. The molecule has 0 spiro atoms. The third kappa shape index (κ3) is 9.97. The molecule has 4 saturated heterocycles. The Bertz CT molecular complexity index is 2830. The first-order chi connectivity index (χ1) is 30.8. The Labute approximate surface area is 378 Å². The van der Waals surface area contributed by atoms with Gasteiger partial charge in [-0.15, -0.1) is 0 Å². The minimum absolute atomic E-state index is 0.0282. The monoisotopic (exact) mass is 932 g/mol. The first-order valence-corrected chi connectivity index (χ1v) is 25.6. The second-order valence-electron chi connectivity index (χ2n) is 17.5. The van der Waals surface area contributed by atoms with Crippen molar-refractivity contribution in [3.8, 4) is 22.3 Å². The van der Waals surface area contributed by atoms with E-state index in [-0.39, 0.29) is 35.8 Å². The summed E-state index contributed by atoms with van der Waals surface area (Å²) >= 11 is 0. The number of sulfonamides is 2. The summed E-state index contributed by atoms with van der Waals surface area (Å²) in [5.41, 5.74) is 8.17. The predicted molar refractivity (Wildman–Crippen MR) is 244 cm³/mol. The number of rotatable bonds is 10. The molecular weight excluding hydrogens is 877 g/mol. The number of nitrogens with zero attached hydrogens (tertiary/aromatic N) is 6. The molecule has 19 nitrogen and oxygen atoms in total. The van der Waals surface area contributed by atoms with Gasteiger partial charge in [0.2, 0.25) is 37.8 Å². The van der Waals surface area contributed by atoms with Crippen LogP contribution in [0.15, 0.2) is 45.4 Å². The summed E-state index contributed by atoms with van der Waals surface area (Å²) in [5, 5.41) is 20.2. The van der Waals surface area contributed by atoms with E-state index in [0.29, 0.717) is 81.8 Å². The molecule has 3 aromatic heterocycles. The normalized spacial score (nSPS) is 22.1. The van der Waals surface area contributed by atoms with Crippen LogP contribution in [0.4, 0.5) is 11.4 Å². The zero-order valence-electron chi connectivity index (χ0n) is 37.4. The lowest BCUT2D eigenvalue weighted by Gasteiger charge is -2.26. The molecule has 348 valence electrons. The molecule has 4 atom stereocenters. The highest BCUT2D eigenvalue weighted by atomic mass is 32.2. The zero-order valence-corrected chi connectivity index (χ0v) is 39.1. The highest BCUT2D eigenvalue weighted by Crippen LogP contribution is 2.37. The van der Waals surface area contributed by atoms with Crippen molar-refractivity contribution in [3.63, 3.8) is 0 Å². The summed E-state index contributed by atoms with van der Waals surface area (Å²) in [6.07, 6.45) is 7.64. The first-order valence-electron chi connectivity index (χ1n) is 21.9. The Morgan fingerprint density at radius 3 is 1.92 bits per heavy atom. The number of hydrogen-bond donors (Lipinski definition) is 4. The second-order valence-corrected chi connectivity index (χ2v) is 21.5. The van der Waals surface area contributed by atoms with Crippen LogP contribution in [0.3, 0.4) is 0 Å². The summed E-state index contributed by atoms with van der Waals surface area (Å²) in [4.78, 5) is 41.8. The number of amides is 3. The van der Waals surface area contributed by atoms with Crippen LogP contribution >= 0.6 is 0 Å². The van der Waals surface area contributed by atoms with E-state index in [2.05, 4.69) is 36.1 Å². The van der Waals surface area contributed by atoms with E-state index < -0.39 is 26.1 Å². The molecule has 9 rings (SSSR count). The number of aryl methyl sites for hydroxylation is 4. The molecular formula is C44H56N10O9S2. The van der Waals surface area contributed by atoms with Crippen molar-refractivity contribution in [2.75, 3.05) is 49.3 Å². The number of nitrogens with one attached hydrogen (secondary N) is 4. The number of aromatic nitrogens is 4. The predicted octanol–water partition coefficient (Wildman–Crippen LogP) is 4.87. The van der Waals surface area contributed by atoms with Crippen molar-refractivity contribution in [1.82, 2.24) is 39.1 Å². The molecule has 3 amide bonds. The molecule has 4 N–H and O–H groups in total. The van der Waals surface area contributed by atoms with Gasteiger partial charge in [-0.1, -0.05) is 22.4 Å². The highest BCUT2D eigenvalue weighted by Gasteiger charge is 2.35. The van der Waals surface area contributed by atoms with Crippen LogP contribution in [0.2, 0.25) is 0 Å². The smallest absolute Gasteiger partial charge is 0.247 e. The maximum absolute atomic E-state index is 12.9. The number of anilines is 2. The van der Waals surface area contributed by atoms with Gasteiger partial charge in [0.25, 0.3) is 0 Å². The quantitative estimate of drug-likeness (QED) is 0.146. The van der Waals surface area contributed by atoms with Gasteiger partial charge in [0.1, 0.15) is 23.4 Å². The average molecular weight is 933 g/mol. The summed E-state index contributed by atoms with van der Waals surface area (Å²) in [7, 11) is -6.52. The van der Waals surface area contributed by atoms with Crippen LogP contribution in [-0.4, -0.2) is 114 Å². The third-order valence-corrected chi connectivity index (χ3v) is 15.2. The van der Waals surface area contributed by atoms with E-state index in [1.54, 1.807) is 0 Å². The molecule has 4 aliphatic rings. The minimum atomic E-state index is -3.26. The first kappa shape index (κ1) is 45.9. The van der Waals surface area contributed by atoms with E-state index in [1.807, 2.05) is 64.1 Å². The lowest BCUT2D eigenvalue weighted by atomic mass is 10.0. The Morgan fingerprint density at radius 2 is 1.34 bits per heavy atom. The van der Waals surface area contributed by atoms with Gasteiger partial charge in [0.05, 0.1) is 58.4 Å². The number of carbonyl (C=O) groups is 3. The third-order valence-electron chi connectivity index (χ3n) is 12.7. The molecule has 65 heavy (non-hydrogen) atoms. The van der Waals surface area contributed by atoms with Crippen LogP contribution in [0.5, 0.6) is 0 Å². The Balaban J connectivity index is 0.000000177. The van der Waals surface area contributed by atoms with Crippen molar-refractivity contribution in [3.05, 3.63) is 65.1 Å². The van der Waals surface area contributed by atoms with Gasteiger partial charge in [-0.25, -0.2) is 30.4 Å². The maximum Gasteiger partial charge on any atom is 0.247 e. The molecule has 0 radical (unpaired) electrons. The molecule has 0 bridgehead atoms. The molecule has 2 aromatic carbocycles. The number of benzene rings is 2. The van der Waals surface area contributed by atoms with E-state index in [0.717, 1.165) is 69.1 Å². The lowest BCUT2D eigenvalue weighted by molar-refractivity contribution is -0.128. The second kappa shape index (κ2) is 18.3. The van der Waals surface area contributed by atoms with Crippen molar-refractivity contribution < 1.29 is 40.3 Å². The van der Waals surface area contributed by atoms with Crippen molar-refractivity contribution >= 4 is 60.2 Å². The summed E-state index contributed by atoms with van der Waals surface area (Å²) in [6, 6.07) is 10.8. The fourth-order valence-corrected chi connectivity index (χ4v) is 11.2. The molecule has 7 heterocycles. The van der Waals surface area contributed by atoms with Crippen LogP contribution in [0.1, 0.15) is 92.2 Å². The van der Waals surface area contributed by atoms with Gasteiger partial charge < -0.3 is 34.9 Å². The molecule has 0 aliphatic carbocycles. The average Bonchev–Trinajstić information content (AvgIpc) is 4.10. The maximum atomic E-state index is 12.9. The summed E-state index contributed by atoms with van der Waals surface area (Å²) in [6.45, 7) is 9.18. The van der Waals surface area contributed by atoms with E-state index >= 15 is 0 Å². The largest absolute Gasteiger partial charge is 0.379 e. The number of hydrogen-bond acceptors (Lipinski definition) is 13. The van der Waals surface area contributed by atoms with Gasteiger partial charge >= 0.3 is 0 Å². The Kier molecular flexibility index (Phi) is 12.9. The van der Waals surface area contributed by atoms with Crippen molar-refractivity contribution in [2.45, 2.75) is 103 Å².